The highest BCUT2D eigenvalue weighted by molar-refractivity contribution is 6.04. The highest BCUT2D eigenvalue weighted by atomic mass is 16.1. The predicted molar refractivity (Wildman–Crippen MR) is 95.7 cm³/mol. The van der Waals surface area contributed by atoms with Gasteiger partial charge in [0.05, 0.1) is 5.56 Å². The third kappa shape index (κ3) is 3.41. The van der Waals surface area contributed by atoms with Crippen molar-refractivity contribution in [2.75, 3.05) is 17.3 Å². The second kappa shape index (κ2) is 6.91. The van der Waals surface area contributed by atoms with Crippen LogP contribution in [-0.2, 0) is 0 Å². The van der Waals surface area contributed by atoms with Gasteiger partial charge in [0.2, 0.25) is 5.95 Å². The summed E-state index contributed by atoms with van der Waals surface area (Å²) in [5, 5.41) is 2.87. The van der Waals surface area contributed by atoms with Gasteiger partial charge in [-0.25, -0.2) is 9.97 Å². The zero-order valence-electron chi connectivity index (χ0n) is 13.6. The van der Waals surface area contributed by atoms with E-state index in [1.807, 2.05) is 73.5 Å². The molecule has 1 heterocycles. The number of rotatable bonds is 4. The van der Waals surface area contributed by atoms with Crippen molar-refractivity contribution in [1.82, 2.24) is 9.97 Å². The summed E-state index contributed by atoms with van der Waals surface area (Å²) in [6.07, 6.45) is 3.07. The monoisotopic (exact) mass is 318 g/mol. The Balaban J connectivity index is 1.75. The van der Waals surface area contributed by atoms with Crippen molar-refractivity contribution in [2.24, 2.45) is 0 Å². The third-order valence-electron chi connectivity index (χ3n) is 3.74. The summed E-state index contributed by atoms with van der Waals surface area (Å²) in [6.45, 7) is 1.95. The normalized spacial score (nSPS) is 10.2. The molecule has 0 saturated carbocycles. The molecule has 3 aromatic rings. The van der Waals surface area contributed by atoms with Gasteiger partial charge < -0.3 is 10.2 Å². The van der Waals surface area contributed by atoms with Crippen molar-refractivity contribution in [1.29, 1.82) is 0 Å². The number of nitrogens with one attached hydrogen (secondary N) is 1. The summed E-state index contributed by atoms with van der Waals surface area (Å²) < 4.78 is 0. The Hall–Kier alpha value is -3.21. The molecule has 0 bridgehead atoms. The second-order valence-electron chi connectivity index (χ2n) is 5.44. The van der Waals surface area contributed by atoms with Crippen LogP contribution in [0.5, 0.6) is 0 Å². The Morgan fingerprint density at radius 2 is 1.58 bits per heavy atom. The van der Waals surface area contributed by atoms with E-state index < -0.39 is 0 Å². The van der Waals surface area contributed by atoms with E-state index in [0.717, 1.165) is 16.9 Å². The zero-order valence-corrected chi connectivity index (χ0v) is 13.6. The Morgan fingerprint density at radius 1 is 0.958 bits per heavy atom. The van der Waals surface area contributed by atoms with Crippen LogP contribution in [0.25, 0.3) is 0 Å². The fourth-order valence-electron chi connectivity index (χ4n) is 2.29. The average Bonchev–Trinajstić information content (AvgIpc) is 2.64. The minimum absolute atomic E-state index is 0.224. The predicted octanol–water partition coefficient (Wildman–Crippen LogP) is 3.81. The molecular formula is C19H18N4O. The number of benzene rings is 2. The van der Waals surface area contributed by atoms with E-state index in [-0.39, 0.29) is 5.91 Å². The number of aromatic nitrogens is 2. The van der Waals surface area contributed by atoms with Crippen molar-refractivity contribution >= 4 is 23.2 Å². The molecule has 0 aliphatic carbocycles. The van der Waals surface area contributed by atoms with Gasteiger partial charge in [0.15, 0.2) is 0 Å². The van der Waals surface area contributed by atoms with Gasteiger partial charge in [-0.15, -0.1) is 0 Å². The van der Waals surface area contributed by atoms with E-state index in [2.05, 4.69) is 15.3 Å². The molecule has 24 heavy (non-hydrogen) atoms. The maximum Gasteiger partial charge on any atom is 0.258 e. The van der Waals surface area contributed by atoms with Crippen LogP contribution in [0.3, 0.4) is 0 Å². The van der Waals surface area contributed by atoms with Crippen molar-refractivity contribution in [3.8, 4) is 0 Å². The van der Waals surface area contributed by atoms with Crippen LogP contribution >= 0.6 is 0 Å². The number of carbonyl (C=O) groups excluding carboxylic acids is 1. The summed E-state index contributed by atoms with van der Waals surface area (Å²) in [5.74, 6) is 0.312. The number of anilines is 3. The average molecular weight is 318 g/mol. The molecule has 1 amide bonds. The minimum Gasteiger partial charge on any atom is -0.322 e. The summed E-state index contributed by atoms with van der Waals surface area (Å²) >= 11 is 0. The molecule has 0 aliphatic heterocycles. The summed E-state index contributed by atoms with van der Waals surface area (Å²) in [6, 6.07) is 17.4. The molecule has 3 rings (SSSR count). The summed E-state index contributed by atoms with van der Waals surface area (Å²) in [7, 11) is 1.89. The van der Waals surface area contributed by atoms with Crippen LogP contribution in [0, 0.1) is 6.92 Å². The largest absolute Gasteiger partial charge is 0.322 e. The first kappa shape index (κ1) is 15.7. The van der Waals surface area contributed by atoms with Gasteiger partial charge in [0, 0.05) is 30.8 Å². The van der Waals surface area contributed by atoms with Crippen LogP contribution in [0.4, 0.5) is 17.3 Å². The second-order valence-corrected chi connectivity index (χ2v) is 5.44. The maximum absolute atomic E-state index is 12.3. The Labute approximate surface area is 141 Å². The lowest BCUT2D eigenvalue weighted by Crippen LogP contribution is -2.16. The van der Waals surface area contributed by atoms with Gasteiger partial charge >= 0.3 is 0 Å². The van der Waals surface area contributed by atoms with Crippen LogP contribution in [-0.4, -0.2) is 22.9 Å². The lowest BCUT2D eigenvalue weighted by atomic mass is 10.2. The van der Waals surface area contributed by atoms with Crippen molar-refractivity contribution in [2.45, 2.75) is 6.92 Å². The SMILES string of the molecule is Cc1ccccc1NC(=O)c1cnc(N(C)c2ccccc2)nc1. The molecule has 1 aromatic heterocycles. The van der Waals surface area contributed by atoms with E-state index >= 15 is 0 Å². The standard InChI is InChI=1S/C19H18N4O/c1-14-8-6-7-11-17(14)22-18(24)15-12-20-19(21-13-15)23(2)16-9-4-3-5-10-16/h3-13H,1-2H3,(H,22,24). The Bertz CT molecular complexity index is 832. The van der Waals surface area contributed by atoms with Gasteiger partial charge in [-0.05, 0) is 30.7 Å². The molecule has 120 valence electrons. The molecule has 0 aliphatic rings. The molecule has 1 N–H and O–H groups in total. The number of nitrogens with zero attached hydrogens (tertiary/aromatic N) is 3. The van der Waals surface area contributed by atoms with Gasteiger partial charge in [-0.2, -0.15) is 0 Å². The first-order chi connectivity index (χ1) is 11.6. The maximum atomic E-state index is 12.3. The van der Waals surface area contributed by atoms with Crippen LogP contribution < -0.4 is 10.2 Å². The van der Waals surface area contributed by atoms with E-state index in [1.54, 1.807) is 0 Å². The van der Waals surface area contributed by atoms with E-state index in [1.165, 1.54) is 12.4 Å². The van der Waals surface area contributed by atoms with Crippen molar-refractivity contribution in [3.05, 3.63) is 78.1 Å². The minimum atomic E-state index is -0.224. The molecule has 0 radical (unpaired) electrons. The Morgan fingerprint density at radius 3 is 2.25 bits per heavy atom. The molecule has 0 atom stereocenters. The topological polar surface area (TPSA) is 58.1 Å². The smallest absolute Gasteiger partial charge is 0.258 e. The van der Waals surface area contributed by atoms with Gasteiger partial charge in [0.1, 0.15) is 0 Å². The number of para-hydroxylation sites is 2. The Kier molecular flexibility index (Phi) is 4.52. The van der Waals surface area contributed by atoms with Gasteiger partial charge in [-0.1, -0.05) is 36.4 Å². The highest BCUT2D eigenvalue weighted by Crippen LogP contribution is 2.19. The van der Waals surface area contributed by atoms with E-state index in [4.69, 9.17) is 0 Å². The van der Waals surface area contributed by atoms with E-state index in [9.17, 15) is 4.79 Å². The number of aryl methyl sites for hydroxylation is 1. The summed E-state index contributed by atoms with van der Waals surface area (Å²) in [4.78, 5) is 22.8. The number of hydrogen-bond donors (Lipinski definition) is 1. The fraction of sp³-hybridized carbons (Fsp3) is 0.105. The molecular weight excluding hydrogens is 300 g/mol. The van der Waals surface area contributed by atoms with Crippen LogP contribution in [0.15, 0.2) is 67.0 Å². The summed E-state index contributed by atoms with van der Waals surface area (Å²) in [5.41, 5.74) is 3.19. The first-order valence-electron chi connectivity index (χ1n) is 7.63. The molecule has 5 heteroatoms. The van der Waals surface area contributed by atoms with Crippen molar-refractivity contribution in [3.63, 3.8) is 0 Å². The van der Waals surface area contributed by atoms with Crippen LogP contribution in [0.2, 0.25) is 0 Å². The number of carbonyl (C=O) groups is 1. The molecule has 0 spiro atoms. The van der Waals surface area contributed by atoms with Gasteiger partial charge in [-0.3, -0.25) is 4.79 Å². The van der Waals surface area contributed by atoms with Crippen molar-refractivity contribution < 1.29 is 4.79 Å². The van der Waals surface area contributed by atoms with Crippen LogP contribution in [0.1, 0.15) is 15.9 Å². The molecule has 0 fully saturated rings. The quantitative estimate of drug-likeness (QED) is 0.795. The van der Waals surface area contributed by atoms with Gasteiger partial charge in [0.25, 0.3) is 5.91 Å². The molecule has 0 saturated heterocycles. The lowest BCUT2D eigenvalue weighted by molar-refractivity contribution is 0.102. The number of hydrogen-bond acceptors (Lipinski definition) is 4. The third-order valence-corrected chi connectivity index (χ3v) is 3.74. The van der Waals surface area contributed by atoms with E-state index in [0.29, 0.717) is 11.5 Å². The highest BCUT2D eigenvalue weighted by Gasteiger charge is 2.11. The lowest BCUT2D eigenvalue weighted by Gasteiger charge is -2.16. The zero-order chi connectivity index (χ0) is 16.9. The molecule has 0 unspecified atom stereocenters. The molecule has 2 aromatic carbocycles. The molecule has 5 nitrogen and oxygen atoms in total. The number of amides is 1. The fourth-order valence-corrected chi connectivity index (χ4v) is 2.29. The first-order valence-corrected chi connectivity index (χ1v) is 7.63.